The molecule has 0 unspecified atom stereocenters. The molecule has 10 radical (unpaired) electrons. The van der Waals surface area contributed by atoms with Crippen LogP contribution in [0.15, 0.2) is 0 Å². The molecule has 0 aromatic carbocycles. The van der Waals surface area contributed by atoms with Crippen molar-refractivity contribution in [2.75, 3.05) is 0 Å². The van der Waals surface area contributed by atoms with Gasteiger partial charge in [0.05, 0.1) is 8.07 Å². The molecule has 2 saturated carbocycles. The molecule has 0 heterocycles. The topological polar surface area (TPSA) is 0 Å². The molecule has 0 nitrogen and oxygen atoms in total. The number of hydrogen-bond donors (Lipinski definition) is 0. The van der Waals surface area contributed by atoms with Crippen LogP contribution in [0.2, 0.25) is 13.1 Å². The van der Waals surface area contributed by atoms with Crippen molar-refractivity contribution in [1.29, 1.82) is 0 Å². The van der Waals surface area contributed by atoms with E-state index in [2.05, 4.69) is 94.2 Å². The maximum Gasteiger partial charge on any atom is 4.00 e. The molecule has 0 N–H and O–H groups in total. The first-order valence-corrected chi connectivity index (χ1v) is 11.8. The third-order valence-electron chi connectivity index (χ3n) is 5.27. The molecule has 2 heteroatoms. The van der Waals surface area contributed by atoms with Crippen LogP contribution in [0.4, 0.5) is 0 Å². The summed E-state index contributed by atoms with van der Waals surface area (Å²) in [6.07, 6.45) is 9.80. The second-order valence-electron chi connectivity index (χ2n) is 9.81. The van der Waals surface area contributed by atoms with Gasteiger partial charge in [0, 0.05) is 0 Å². The normalized spacial score (nSPS) is 22.8. The van der Waals surface area contributed by atoms with Gasteiger partial charge in [-0.15, -0.1) is 0 Å². The average Bonchev–Trinajstić information content (AvgIpc) is 2.91. The van der Waals surface area contributed by atoms with Gasteiger partial charge >= 0.3 is 26.2 Å². The SMILES string of the molecule is C[C]1[CH][C](C(C)(C)C)[CH][C]1[Si](C)(C)[C]1[CH][C](C(C)(C)C)[CH][C]1C.[CH3-].[CH3-].[Zr+4]. The summed E-state index contributed by atoms with van der Waals surface area (Å²) in [5.41, 5.74) is 3.67. The molecule has 0 saturated heterocycles. The van der Waals surface area contributed by atoms with E-state index in [1.54, 1.807) is 11.1 Å². The van der Waals surface area contributed by atoms with Gasteiger partial charge in [0.15, 0.2) is 0 Å². The molecular weight excluding hydrogens is 408 g/mol. The molecule has 0 aromatic heterocycles. The molecule has 2 rings (SSSR count). The Hall–Kier alpha value is 1.10. The van der Waals surface area contributed by atoms with E-state index < -0.39 is 8.07 Å². The summed E-state index contributed by atoms with van der Waals surface area (Å²) in [7, 11) is -1.66. The summed E-state index contributed by atoms with van der Waals surface area (Å²) < 4.78 is 0. The smallest absolute Gasteiger partial charge is 0.358 e. The largest absolute Gasteiger partial charge is 4.00 e. The number of hydrogen-bond acceptors (Lipinski definition) is 0. The quantitative estimate of drug-likeness (QED) is 0.313. The first-order valence-electron chi connectivity index (χ1n) is 8.81. The minimum atomic E-state index is -1.66. The second-order valence-corrected chi connectivity index (χ2v) is 14.1. The first-order chi connectivity index (χ1) is 10.2. The molecule has 142 valence electrons. The Labute approximate surface area is 188 Å². The molecule has 2 aliphatic carbocycles. The van der Waals surface area contributed by atoms with Crippen molar-refractivity contribution in [3.8, 4) is 0 Å². The molecule has 26 heavy (non-hydrogen) atoms. The van der Waals surface area contributed by atoms with Crippen LogP contribution in [0, 0.1) is 86.1 Å². The van der Waals surface area contributed by atoms with Crippen LogP contribution in [0.1, 0.15) is 55.4 Å². The Bertz CT molecular complexity index is 377. The van der Waals surface area contributed by atoms with Crippen molar-refractivity contribution in [2.45, 2.75) is 68.5 Å². The molecular formula is C24H40SiZr+2. The zero-order valence-electron chi connectivity index (χ0n) is 19.3. The maximum atomic E-state index is 2.51. The fourth-order valence-electron chi connectivity index (χ4n) is 3.60. The Morgan fingerprint density at radius 2 is 0.885 bits per heavy atom. The van der Waals surface area contributed by atoms with Gasteiger partial charge in [-0.05, 0) is 71.3 Å². The van der Waals surface area contributed by atoms with Gasteiger partial charge in [-0.3, -0.25) is 0 Å². The van der Waals surface area contributed by atoms with E-state index in [4.69, 9.17) is 0 Å². The Balaban J connectivity index is 0. The van der Waals surface area contributed by atoms with Gasteiger partial charge < -0.3 is 14.9 Å². The van der Waals surface area contributed by atoms with Crippen LogP contribution in [0.5, 0.6) is 0 Å². The van der Waals surface area contributed by atoms with Gasteiger partial charge in [-0.1, -0.05) is 68.5 Å². The van der Waals surface area contributed by atoms with Gasteiger partial charge in [0.1, 0.15) is 0 Å². The number of rotatable bonds is 2. The van der Waals surface area contributed by atoms with Crippen molar-refractivity contribution in [3.05, 3.63) is 75.3 Å². The Kier molecular flexibility index (Phi) is 11.0. The van der Waals surface area contributed by atoms with Gasteiger partial charge in [-0.25, -0.2) is 0 Å². The summed E-state index contributed by atoms with van der Waals surface area (Å²) in [5, 5.41) is 0. The molecule has 0 amide bonds. The van der Waals surface area contributed by atoms with Gasteiger partial charge in [0.2, 0.25) is 0 Å². The molecule has 0 aliphatic heterocycles. The van der Waals surface area contributed by atoms with E-state index in [0.29, 0.717) is 0 Å². The van der Waals surface area contributed by atoms with Crippen molar-refractivity contribution < 1.29 is 26.2 Å². The van der Waals surface area contributed by atoms with Crippen LogP contribution in [-0.2, 0) is 26.2 Å². The van der Waals surface area contributed by atoms with E-state index in [0.717, 1.165) is 0 Å². The fraction of sp³-hybridized carbons (Fsp3) is 0.500. The van der Waals surface area contributed by atoms with Crippen molar-refractivity contribution in [2.24, 2.45) is 10.8 Å². The van der Waals surface area contributed by atoms with Crippen LogP contribution in [0.3, 0.4) is 0 Å². The molecule has 0 atom stereocenters. The van der Waals surface area contributed by atoms with Crippen LogP contribution < -0.4 is 0 Å². The average molecular weight is 448 g/mol. The van der Waals surface area contributed by atoms with Crippen LogP contribution >= 0.6 is 0 Å². The monoisotopic (exact) mass is 446 g/mol. The van der Waals surface area contributed by atoms with Crippen molar-refractivity contribution in [1.82, 2.24) is 0 Å². The predicted molar refractivity (Wildman–Crippen MR) is 117 cm³/mol. The second kappa shape index (κ2) is 9.73. The van der Waals surface area contributed by atoms with Gasteiger partial charge in [0.25, 0.3) is 0 Å². The standard InChI is InChI=1S/C22H34Si.2CH3.Zr/c1-15-11-17(21(3,4)5)13-19(15)23(9,10)20-14-18(12-16(20)2)22(6,7)8;;;/h11-14H,1-10H3;2*1H3;/q;2*-1;+4. The third-order valence-corrected chi connectivity index (χ3v) is 9.04. The summed E-state index contributed by atoms with van der Waals surface area (Å²) >= 11 is 0. The molecule has 0 aromatic rings. The van der Waals surface area contributed by atoms with E-state index in [9.17, 15) is 0 Å². The molecule has 2 aliphatic rings. The van der Waals surface area contributed by atoms with Gasteiger partial charge in [-0.2, -0.15) is 0 Å². The van der Waals surface area contributed by atoms with E-state index >= 15 is 0 Å². The molecule has 2 fully saturated rings. The molecule has 0 bridgehead atoms. The van der Waals surface area contributed by atoms with E-state index in [1.807, 2.05) is 0 Å². The summed E-state index contributed by atoms with van der Waals surface area (Å²) in [6.45, 7) is 23.5. The Morgan fingerprint density at radius 3 is 1.08 bits per heavy atom. The van der Waals surface area contributed by atoms with Crippen molar-refractivity contribution in [3.63, 3.8) is 0 Å². The fourth-order valence-corrected chi connectivity index (χ4v) is 7.04. The minimum absolute atomic E-state index is 0. The molecule has 0 spiro atoms. The predicted octanol–water partition coefficient (Wildman–Crippen LogP) is 7.09. The minimum Gasteiger partial charge on any atom is -0.358 e. The van der Waals surface area contributed by atoms with E-state index in [-0.39, 0.29) is 51.9 Å². The summed E-state index contributed by atoms with van der Waals surface area (Å²) in [6, 6.07) is 0. The zero-order valence-corrected chi connectivity index (χ0v) is 22.8. The maximum absolute atomic E-state index is 2.51. The summed E-state index contributed by atoms with van der Waals surface area (Å²) in [5.74, 6) is 5.91. The van der Waals surface area contributed by atoms with Crippen LogP contribution in [-0.4, -0.2) is 8.07 Å². The van der Waals surface area contributed by atoms with Crippen molar-refractivity contribution >= 4 is 8.07 Å². The van der Waals surface area contributed by atoms with Crippen LogP contribution in [0.25, 0.3) is 0 Å². The summed E-state index contributed by atoms with van der Waals surface area (Å²) in [4.78, 5) is 0. The first kappa shape index (κ1) is 29.3. The zero-order chi connectivity index (χ0) is 17.8. The van der Waals surface area contributed by atoms with E-state index in [1.165, 1.54) is 23.7 Å². The third kappa shape index (κ3) is 6.05. The Morgan fingerprint density at radius 1 is 0.615 bits per heavy atom.